The smallest absolute Gasteiger partial charge is 0.257 e. The van der Waals surface area contributed by atoms with Crippen LogP contribution < -0.4 is 4.74 Å². The van der Waals surface area contributed by atoms with Gasteiger partial charge in [-0.1, -0.05) is 12.1 Å². The Morgan fingerprint density at radius 3 is 2.56 bits per heavy atom. The van der Waals surface area contributed by atoms with Crippen LogP contribution in [0.1, 0.15) is 15.9 Å². The minimum atomic E-state index is -0.0560. The summed E-state index contributed by atoms with van der Waals surface area (Å²) in [5.41, 5.74) is 1.61. The van der Waals surface area contributed by atoms with Crippen LogP contribution in [0.25, 0.3) is 0 Å². The molecule has 2 aromatic rings. The molecule has 18 heavy (non-hydrogen) atoms. The first-order chi connectivity index (χ1) is 8.70. The molecule has 1 amide bonds. The summed E-state index contributed by atoms with van der Waals surface area (Å²) in [6, 6.07) is 9.31. The van der Waals surface area contributed by atoms with Gasteiger partial charge in [-0.2, -0.15) is 0 Å². The predicted molar refractivity (Wildman–Crippen MR) is 67.5 cm³/mol. The van der Waals surface area contributed by atoms with Crippen molar-refractivity contribution in [3.8, 4) is 5.75 Å². The van der Waals surface area contributed by atoms with Crippen molar-refractivity contribution in [2.45, 2.75) is 6.54 Å². The Hall–Kier alpha value is -2.23. The molecule has 0 aliphatic heterocycles. The summed E-state index contributed by atoms with van der Waals surface area (Å²) in [6.07, 6.45) is 2.95. The summed E-state index contributed by atoms with van der Waals surface area (Å²) in [5.74, 6) is 0.752. The number of amides is 1. The quantitative estimate of drug-likeness (QED) is 0.831. The molecule has 0 saturated carbocycles. The molecule has 0 aliphatic rings. The van der Waals surface area contributed by atoms with E-state index in [1.165, 1.54) is 12.5 Å². The number of hydrogen-bond acceptors (Lipinski definition) is 3. The highest BCUT2D eigenvalue weighted by atomic mass is 16.5. The molecule has 1 heterocycles. The van der Waals surface area contributed by atoms with E-state index in [1.807, 2.05) is 24.3 Å². The average Bonchev–Trinajstić information content (AvgIpc) is 2.92. The summed E-state index contributed by atoms with van der Waals surface area (Å²) >= 11 is 0. The maximum Gasteiger partial charge on any atom is 0.257 e. The number of ether oxygens (including phenoxy) is 1. The van der Waals surface area contributed by atoms with E-state index >= 15 is 0 Å². The van der Waals surface area contributed by atoms with Crippen molar-refractivity contribution < 1.29 is 13.9 Å². The lowest BCUT2D eigenvalue weighted by atomic mass is 10.2. The predicted octanol–water partition coefficient (Wildman–Crippen LogP) is 2.56. The molecule has 1 aromatic heterocycles. The topological polar surface area (TPSA) is 42.7 Å². The molecule has 1 aromatic carbocycles. The molecule has 0 spiro atoms. The van der Waals surface area contributed by atoms with Crippen LogP contribution >= 0.6 is 0 Å². The zero-order valence-corrected chi connectivity index (χ0v) is 10.4. The van der Waals surface area contributed by atoms with Crippen LogP contribution in [-0.2, 0) is 6.54 Å². The highest BCUT2D eigenvalue weighted by Gasteiger charge is 2.12. The Balaban J connectivity index is 2.02. The molecular formula is C14H15NO3. The number of methoxy groups -OCH3 is 1. The third-order valence-electron chi connectivity index (χ3n) is 2.69. The van der Waals surface area contributed by atoms with Crippen molar-refractivity contribution in [1.29, 1.82) is 0 Å². The first kappa shape index (κ1) is 12.2. The Kier molecular flexibility index (Phi) is 3.67. The molecule has 0 aliphatic carbocycles. The van der Waals surface area contributed by atoms with Gasteiger partial charge in [0.05, 0.1) is 18.9 Å². The summed E-state index contributed by atoms with van der Waals surface area (Å²) in [6.45, 7) is 0.550. The summed E-state index contributed by atoms with van der Waals surface area (Å²) in [4.78, 5) is 13.6. The second kappa shape index (κ2) is 5.40. The van der Waals surface area contributed by atoms with Gasteiger partial charge in [-0.15, -0.1) is 0 Å². The van der Waals surface area contributed by atoms with Crippen molar-refractivity contribution >= 4 is 5.91 Å². The van der Waals surface area contributed by atoms with Gasteiger partial charge < -0.3 is 14.1 Å². The van der Waals surface area contributed by atoms with E-state index in [9.17, 15) is 4.79 Å². The zero-order chi connectivity index (χ0) is 13.0. The molecule has 0 saturated heterocycles. The summed E-state index contributed by atoms with van der Waals surface area (Å²) in [5, 5.41) is 0. The third kappa shape index (κ3) is 2.71. The number of carbonyl (C=O) groups excluding carboxylic acids is 1. The number of hydrogen-bond donors (Lipinski definition) is 0. The largest absolute Gasteiger partial charge is 0.497 e. The molecule has 0 N–H and O–H groups in total. The van der Waals surface area contributed by atoms with Gasteiger partial charge in [-0.25, -0.2) is 0 Å². The fourth-order valence-corrected chi connectivity index (χ4v) is 1.68. The minimum Gasteiger partial charge on any atom is -0.497 e. The maximum absolute atomic E-state index is 12.0. The first-order valence-corrected chi connectivity index (χ1v) is 5.61. The fourth-order valence-electron chi connectivity index (χ4n) is 1.68. The van der Waals surface area contributed by atoms with Gasteiger partial charge in [0.2, 0.25) is 0 Å². The van der Waals surface area contributed by atoms with Gasteiger partial charge in [0.15, 0.2) is 0 Å². The molecular weight excluding hydrogens is 230 g/mol. The van der Waals surface area contributed by atoms with Crippen molar-refractivity contribution in [2.24, 2.45) is 0 Å². The summed E-state index contributed by atoms with van der Waals surface area (Å²) < 4.78 is 9.99. The lowest BCUT2D eigenvalue weighted by Crippen LogP contribution is -2.25. The molecule has 2 rings (SSSR count). The average molecular weight is 245 g/mol. The van der Waals surface area contributed by atoms with Gasteiger partial charge in [-0.05, 0) is 23.8 Å². The first-order valence-electron chi connectivity index (χ1n) is 5.61. The van der Waals surface area contributed by atoms with Crippen LogP contribution in [0.15, 0.2) is 47.3 Å². The highest BCUT2D eigenvalue weighted by Crippen LogP contribution is 2.13. The molecule has 94 valence electrons. The Morgan fingerprint density at radius 1 is 1.28 bits per heavy atom. The maximum atomic E-state index is 12.0. The normalized spacial score (nSPS) is 10.1. The Morgan fingerprint density at radius 2 is 2.00 bits per heavy atom. The van der Waals surface area contributed by atoms with E-state index in [4.69, 9.17) is 9.15 Å². The van der Waals surface area contributed by atoms with Crippen LogP contribution in [0.2, 0.25) is 0 Å². The molecule has 0 atom stereocenters. The molecule has 0 bridgehead atoms. The molecule has 0 fully saturated rings. The van der Waals surface area contributed by atoms with E-state index in [2.05, 4.69) is 0 Å². The number of rotatable bonds is 4. The molecule has 0 unspecified atom stereocenters. The SMILES string of the molecule is COc1ccc(CN(C)C(=O)c2ccoc2)cc1. The standard InChI is InChI=1S/C14H15NO3/c1-15(14(16)12-7-8-18-10-12)9-11-3-5-13(17-2)6-4-11/h3-8,10H,9H2,1-2H3. The van der Waals surface area contributed by atoms with E-state index in [1.54, 1.807) is 25.1 Å². The van der Waals surface area contributed by atoms with Gasteiger partial charge in [-0.3, -0.25) is 4.79 Å². The van der Waals surface area contributed by atoms with Gasteiger partial charge in [0.25, 0.3) is 5.91 Å². The van der Waals surface area contributed by atoms with Crippen molar-refractivity contribution in [2.75, 3.05) is 14.2 Å². The van der Waals surface area contributed by atoms with E-state index < -0.39 is 0 Å². The number of benzene rings is 1. The number of furan rings is 1. The zero-order valence-electron chi connectivity index (χ0n) is 10.4. The van der Waals surface area contributed by atoms with Crippen molar-refractivity contribution in [1.82, 2.24) is 4.90 Å². The number of carbonyl (C=O) groups is 1. The molecule has 4 nitrogen and oxygen atoms in total. The Labute approximate surface area is 106 Å². The van der Waals surface area contributed by atoms with Crippen LogP contribution in [-0.4, -0.2) is 25.0 Å². The van der Waals surface area contributed by atoms with Gasteiger partial charge >= 0.3 is 0 Å². The van der Waals surface area contributed by atoms with Crippen LogP contribution in [0.5, 0.6) is 5.75 Å². The highest BCUT2D eigenvalue weighted by molar-refractivity contribution is 5.93. The molecule has 0 radical (unpaired) electrons. The lowest BCUT2D eigenvalue weighted by molar-refractivity contribution is 0.0784. The number of nitrogens with zero attached hydrogens (tertiary/aromatic N) is 1. The fraction of sp³-hybridized carbons (Fsp3) is 0.214. The third-order valence-corrected chi connectivity index (χ3v) is 2.69. The van der Waals surface area contributed by atoms with E-state index in [-0.39, 0.29) is 5.91 Å². The van der Waals surface area contributed by atoms with Crippen LogP contribution in [0, 0.1) is 0 Å². The van der Waals surface area contributed by atoms with Crippen molar-refractivity contribution in [3.63, 3.8) is 0 Å². The minimum absolute atomic E-state index is 0.0560. The van der Waals surface area contributed by atoms with Crippen LogP contribution in [0.3, 0.4) is 0 Å². The van der Waals surface area contributed by atoms with E-state index in [0.29, 0.717) is 12.1 Å². The van der Waals surface area contributed by atoms with Crippen molar-refractivity contribution in [3.05, 3.63) is 54.0 Å². The monoisotopic (exact) mass is 245 g/mol. The van der Waals surface area contributed by atoms with Gasteiger partial charge in [0, 0.05) is 13.6 Å². The molecule has 4 heteroatoms. The second-order valence-corrected chi connectivity index (χ2v) is 4.02. The van der Waals surface area contributed by atoms with E-state index in [0.717, 1.165) is 11.3 Å². The van der Waals surface area contributed by atoms with Gasteiger partial charge in [0.1, 0.15) is 12.0 Å². The second-order valence-electron chi connectivity index (χ2n) is 4.02. The Bertz CT molecular complexity index is 502. The van der Waals surface area contributed by atoms with Crippen LogP contribution in [0.4, 0.5) is 0 Å². The lowest BCUT2D eigenvalue weighted by Gasteiger charge is -2.16. The summed E-state index contributed by atoms with van der Waals surface area (Å²) in [7, 11) is 3.39.